The number of nitrogens with zero attached hydrogens (tertiary/aromatic N) is 1. The molecule has 0 bridgehead atoms. The van der Waals surface area contributed by atoms with Crippen molar-refractivity contribution in [2.45, 2.75) is 31.9 Å². The van der Waals surface area contributed by atoms with Crippen LogP contribution in [0.2, 0.25) is 0 Å². The van der Waals surface area contributed by atoms with Gasteiger partial charge in [-0.2, -0.15) is 0 Å². The molecular formula is C9H16N2O4. The third kappa shape index (κ3) is 3.09. The Kier molecular flexibility index (Phi) is 3.90. The second kappa shape index (κ2) is 4.97. The lowest BCUT2D eigenvalue weighted by molar-refractivity contribution is -0.141. The summed E-state index contributed by atoms with van der Waals surface area (Å²) in [6, 6.07) is -1.65. The third-order valence-electron chi connectivity index (χ3n) is 2.42. The molecule has 15 heavy (non-hydrogen) atoms. The van der Waals surface area contributed by atoms with Crippen molar-refractivity contribution in [3.05, 3.63) is 0 Å². The van der Waals surface area contributed by atoms with E-state index < -0.39 is 24.1 Å². The standard InChI is InChI=1S/C9H16N2O4/c1-6(12)7(8(13)14)10-9(15)11-4-2-3-5-11/h6-7,12H,2-5H2,1H3,(H,10,15)(H,13,14). The Bertz CT molecular complexity index is 248. The topological polar surface area (TPSA) is 89.9 Å². The van der Waals surface area contributed by atoms with Crippen LogP contribution in [0.25, 0.3) is 0 Å². The maximum Gasteiger partial charge on any atom is 0.328 e. The van der Waals surface area contributed by atoms with E-state index in [0.29, 0.717) is 13.1 Å². The SMILES string of the molecule is CC(O)C(NC(=O)N1CCCC1)C(=O)O. The molecule has 3 N–H and O–H groups in total. The van der Waals surface area contributed by atoms with Crippen LogP contribution in [0.5, 0.6) is 0 Å². The average molecular weight is 216 g/mol. The number of carboxylic acid groups (broad SMARTS) is 1. The number of urea groups is 1. The van der Waals surface area contributed by atoms with Gasteiger partial charge in [0.25, 0.3) is 0 Å². The van der Waals surface area contributed by atoms with E-state index in [4.69, 9.17) is 10.2 Å². The summed E-state index contributed by atoms with van der Waals surface area (Å²) in [6.45, 7) is 2.64. The number of rotatable bonds is 3. The smallest absolute Gasteiger partial charge is 0.328 e. The Hall–Kier alpha value is -1.30. The number of aliphatic carboxylic acids is 1. The molecule has 1 aliphatic rings. The van der Waals surface area contributed by atoms with E-state index in [9.17, 15) is 9.59 Å². The average Bonchev–Trinajstić information content (AvgIpc) is 2.65. The molecule has 6 nitrogen and oxygen atoms in total. The van der Waals surface area contributed by atoms with Crippen molar-refractivity contribution < 1.29 is 19.8 Å². The number of amides is 2. The lowest BCUT2D eigenvalue weighted by Gasteiger charge is -2.21. The molecular weight excluding hydrogens is 200 g/mol. The fourth-order valence-corrected chi connectivity index (χ4v) is 1.53. The van der Waals surface area contributed by atoms with E-state index in [0.717, 1.165) is 12.8 Å². The van der Waals surface area contributed by atoms with Gasteiger partial charge in [-0.05, 0) is 19.8 Å². The number of carboxylic acids is 1. The maximum absolute atomic E-state index is 11.5. The first-order valence-corrected chi connectivity index (χ1v) is 4.98. The fraction of sp³-hybridized carbons (Fsp3) is 0.778. The number of carbonyl (C=O) groups is 2. The highest BCUT2D eigenvalue weighted by Crippen LogP contribution is 2.07. The Balaban J connectivity index is 2.50. The van der Waals surface area contributed by atoms with E-state index in [1.807, 2.05) is 0 Å². The van der Waals surface area contributed by atoms with Gasteiger partial charge in [0.15, 0.2) is 6.04 Å². The maximum atomic E-state index is 11.5. The predicted octanol–water partition coefficient (Wildman–Crippen LogP) is -0.374. The van der Waals surface area contributed by atoms with Crippen molar-refractivity contribution >= 4 is 12.0 Å². The van der Waals surface area contributed by atoms with E-state index in [1.54, 1.807) is 4.90 Å². The number of hydrogen-bond acceptors (Lipinski definition) is 3. The van der Waals surface area contributed by atoms with E-state index >= 15 is 0 Å². The zero-order valence-corrected chi connectivity index (χ0v) is 8.64. The van der Waals surface area contributed by atoms with Gasteiger partial charge in [-0.1, -0.05) is 0 Å². The van der Waals surface area contributed by atoms with Crippen molar-refractivity contribution in [3.8, 4) is 0 Å². The molecule has 6 heteroatoms. The number of likely N-dealkylation sites (tertiary alicyclic amines) is 1. The summed E-state index contributed by atoms with van der Waals surface area (Å²) in [7, 11) is 0. The van der Waals surface area contributed by atoms with Crippen LogP contribution in [0.4, 0.5) is 4.79 Å². The van der Waals surface area contributed by atoms with Gasteiger partial charge in [0, 0.05) is 13.1 Å². The normalized spacial score (nSPS) is 19.7. The Morgan fingerprint density at radius 3 is 2.27 bits per heavy atom. The summed E-state index contributed by atoms with van der Waals surface area (Å²) >= 11 is 0. The minimum Gasteiger partial charge on any atom is -0.480 e. The monoisotopic (exact) mass is 216 g/mol. The molecule has 1 rings (SSSR count). The molecule has 1 saturated heterocycles. The third-order valence-corrected chi connectivity index (χ3v) is 2.42. The Morgan fingerprint density at radius 2 is 1.87 bits per heavy atom. The summed E-state index contributed by atoms with van der Waals surface area (Å²) in [5, 5.41) is 20.2. The minimum atomic E-state index is -1.24. The highest BCUT2D eigenvalue weighted by atomic mass is 16.4. The van der Waals surface area contributed by atoms with Crippen molar-refractivity contribution in [2.24, 2.45) is 0 Å². The second-order valence-electron chi connectivity index (χ2n) is 3.70. The van der Waals surface area contributed by atoms with Gasteiger partial charge in [0.1, 0.15) is 0 Å². The van der Waals surface area contributed by atoms with Crippen LogP contribution in [0.1, 0.15) is 19.8 Å². The highest BCUT2D eigenvalue weighted by molar-refractivity contribution is 5.83. The van der Waals surface area contributed by atoms with Crippen LogP contribution in [0, 0.1) is 0 Å². The molecule has 2 atom stereocenters. The summed E-state index contributed by atoms with van der Waals surface area (Å²) in [4.78, 5) is 23.8. The molecule has 1 fully saturated rings. The molecule has 0 saturated carbocycles. The summed E-state index contributed by atoms with van der Waals surface area (Å²) in [6.07, 6.45) is 0.786. The molecule has 2 unspecified atom stereocenters. The number of aliphatic hydroxyl groups excluding tert-OH is 1. The molecule has 0 spiro atoms. The van der Waals surface area contributed by atoms with Crippen molar-refractivity contribution in [1.82, 2.24) is 10.2 Å². The largest absolute Gasteiger partial charge is 0.480 e. The van der Waals surface area contributed by atoms with Crippen LogP contribution in [-0.2, 0) is 4.79 Å². The van der Waals surface area contributed by atoms with Gasteiger partial charge >= 0.3 is 12.0 Å². The summed E-state index contributed by atoms with van der Waals surface area (Å²) < 4.78 is 0. The zero-order valence-electron chi connectivity index (χ0n) is 8.64. The van der Waals surface area contributed by atoms with Crippen LogP contribution in [-0.4, -0.2) is 52.3 Å². The van der Waals surface area contributed by atoms with Gasteiger partial charge in [0.05, 0.1) is 6.10 Å². The first-order chi connectivity index (χ1) is 7.02. The Morgan fingerprint density at radius 1 is 1.33 bits per heavy atom. The van der Waals surface area contributed by atoms with Gasteiger partial charge < -0.3 is 20.4 Å². The number of nitrogens with one attached hydrogen (secondary N) is 1. The zero-order chi connectivity index (χ0) is 11.4. The first kappa shape index (κ1) is 11.8. The molecule has 0 radical (unpaired) electrons. The molecule has 86 valence electrons. The van der Waals surface area contributed by atoms with Gasteiger partial charge in [0.2, 0.25) is 0 Å². The molecule has 1 aliphatic heterocycles. The van der Waals surface area contributed by atoms with Crippen LogP contribution < -0.4 is 5.32 Å². The fourth-order valence-electron chi connectivity index (χ4n) is 1.53. The molecule has 0 aromatic heterocycles. The van der Waals surface area contributed by atoms with Gasteiger partial charge in [-0.3, -0.25) is 0 Å². The number of carbonyl (C=O) groups excluding carboxylic acids is 1. The van der Waals surface area contributed by atoms with Crippen LogP contribution in [0.15, 0.2) is 0 Å². The van der Waals surface area contributed by atoms with Crippen molar-refractivity contribution in [2.75, 3.05) is 13.1 Å². The summed E-state index contributed by atoms with van der Waals surface area (Å²) in [5.74, 6) is -1.22. The summed E-state index contributed by atoms with van der Waals surface area (Å²) in [5.41, 5.74) is 0. The van der Waals surface area contributed by atoms with E-state index in [2.05, 4.69) is 5.32 Å². The van der Waals surface area contributed by atoms with E-state index in [-0.39, 0.29) is 0 Å². The molecule has 0 aromatic rings. The molecule has 0 aromatic carbocycles. The van der Waals surface area contributed by atoms with E-state index in [1.165, 1.54) is 6.92 Å². The first-order valence-electron chi connectivity index (χ1n) is 4.98. The number of hydrogen-bond donors (Lipinski definition) is 3. The number of aliphatic hydroxyl groups is 1. The lowest BCUT2D eigenvalue weighted by Crippen LogP contribution is -2.51. The van der Waals surface area contributed by atoms with Gasteiger partial charge in [-0.25, -0.2) is 9.59 Å². The Labute approximate surface area is 87.9 Å². The van der Waals surface area contributed by atoms with Crippen LogP contribution in [0.3, 0.4) is 0 Å². The van der Waals surface area contributed by atoms with Crippen molar-refractivity contribution in [3.63, 3.8) is 0 Å². The predicted molar refractivity (Wildman–Crippen MR) is 52.4 cm³/mol. The molecule has 2 amide bonds. The highest BCUT2D eigenvalue weighted by Gasteiger charge is 2.27. The molecule has 1 heterocycles. The van der Waals surface area contributed by atoms with Crippen LogP contribution >= 0.6 is 0 Å². The van der Waals surface area contributed by atoms with Gasteiger partial charge in [-0.15, -0.1) is 0 Å². The minimum absolute atomic E-state index is 0.416. The lowest BCUT2D eigenvalue weighted by atomic mass is 10.2. The molecule has 0 aliphatic carbocycles. The quantitative estimate of drug-likeness (QED) is 0.600. The second-order valence-corrected chi connectivity index (χ2v) is 3.70. The van der Waals surface area contributed by atoms with Crippen molar-refractivity contribution in [1.29, 1.82) is 0 Å².